The predicted octanol–water partition coefficient (Wildman–Crippen LogP) is 3.56. The average molecular weight is 378 g/mol. The number of nitrogens with zero attached hydrogens (tertiary/aromatic N) is 2. The second kappa shape index (κ2) is 9.36. The van der Waals surface area contributed by atoms with Crippen molar-refractivity contribution in [2.24, 2.45) is 0 Å². The van der Waals surface area contributed by atoms with Gasteiger partial charge in [0.2, 0.25) is 5.88 Å². The molecule has 0 saturated heterocycles. The Labute approximate surface area is 163 Å². The topological polar surface area (TPSA) is 85.4 Å². The lowest BCUT2D eigenvalue weighted by atomic mass is 10.2. The predicted molar refractivity (Wildman–Crippen MR) is 107 cm³/mol. The molecule has 0 unspecified atom stereocenters. The number of hydrogen-bond donors (Lipinski definition) is 2. The standard InChI is InChI=1S/C21H22N4O3/c1-3-28-17-10-8-16(9-11-17)25-19-18(7-5-12-22-19)20(26)24-14-15-6-4-13-23-21(15)27-2/h4-13H,3,14H2,1-2H3,(H,22,25)(H,24,26). The van der Waals surface area contributed by atoms with Gasteiger partial charge < -0.3 is 20.1 Å². The maximum atomic E-state index is 12.7. The van der Waals surface area contributed by atoms with Crippen LogP contribution in [0.25, 0.3) is 0 Å². The highest BCUT2D eigenvalue weighted by Crippen LogP contribution is 2.21. The number of rotatable bonds is 8. The first-order valence-corrected chi connectivity index (χ1v) is 8.92. The summed E-state index contributed by atoms with van der Waals surface area (Å²) < 4.78 is 10.7. The van der Waals surface area contributed by atoms with Gasteiger partial charge in [-0.15, -0.1) is 0 Å². The zero-order valence-electron chi connectivity index (χ0n) is 15.8. The molecule has 7 nitrogen and oxygen atoms in total. The second-order valence-corrected chi connectivity index (χ2v) is 5.84. The van der Waals surface area contributed by atoms with E-state index in [-0.39, 0.29) is 5.91 Å². The molecular weight excluding hydrogens is 356 g/mol. The summed E-state index contributed by atoms with van der Waals surface area (Å²) in [6.07, 6.45) is 3.28. The van der Waals surface area contributed by atoms with Crippen LogP contribution >= 0.6 is 0 Å². The lowest BCUT2D eigenvalue weighted by Gasteiger charge is -2.12. The summed E-state index contributed by atoms with van der Waals surface area (Å²) in [7, 11) is 1.55. The van der Waals surface area contributed by atoms with E-state index in [4.69, 9.17) is 9.47 Å². The van der Waals surface area contributed by atoms with E-state index in [1.54, 1.807) is 37.7 Å². The molecule has 2 N–H and O–H groups in total. The monoisotopic (exact) mass is 378 g/mol. The van der Waals surface area contributed by atoms with Crippen molar-refractivity contribution in [1.29, 1.82) is 0 Å². The third-order valence-corrected chi connectivity index (χ3v) is 3.96. The van der Waals surface area contributed by atoms with Crippen LogP contribution in [0.4, 0.5) is 11.5 Å². The van der Waals surface area contributed by atoms with Gasteiger partial charge in [-0.3, -0.25) is 4.79 Å². The van der Waals surface area contributed by atoms with Crippen LogP contribution in [0.15, 0.2) is 60.9 Å². The van der Waals surface area contributed by atoms with E-state index in [9.17, 15) is 4.79 Å². The van der Waals surface area contributed by atoms with Crippen LogP contribution in [0.5, 0.6) is 11.6 Å². The van der Waals surface area contributed by atoms with Gasteiger partial charge in [-0.25, -0.2) is 9.97 Å². The van der Waals surface area contributed by atoms with Crippen LogP contribution in [-0.2, 0) is 6.54 Å². The summed E-state index contributed by atoms with van der Waals surface area (Å²) in [6.45, 7) is 2.85. The third kappa shape index (κ3) is 4.76. The summed E-state index contributed by atoms with van der Waals surface area (Å²) in [4.78, 5) is 21.1. The minimum absolute atomic E-state index is 0.243. The van der Waals surface area contributed by atoms with E-state index in [1.807, 2.05) is 37.3 Å². The number of nitrogens with one attached hydrogen (secondary N) is 2. The number of benzene rings is 1. The Hall–Kier alpha value is -3.61. The lowest BCUT2D eigenvalue weighted by Crippen LogP contribution is -2.24. The van der Waals surface area contributed by atoms with Gasteiger partial charge in [-0.2, -0.15) is 0 Å². The van der Waals surface area contributed by atoms with Gasteiger partial charge in [0, 0.05) is 30.2 Å². The maximum Gasteiger partial charge on any atom is 0.255 e. The van der Waals surface area contributed by atoms with Crippen LogP contribution in [0.1, 0.15) is 22.8 Å². The van der Waals surface area contributed by atoms with Crippen LogP contribution in [0, 0.1) is 0 Å². The summed E-state index contributed by atoms with van der Waals surface area (Å²) in [5, 5.41) is 6.06. The number of carbonyl (C=O) groups is 1. The molecule has 1 aromatic carbocycles. The fourth-order valence-corrected chi connectivity index (χ4v) is 2.64. The van der Waals surface area contributed by atoms with Gasteiger partial charge in [-0.05, 0) is 49.4 Å². The fourth-order valence-electron chi connectivity index (χ4n) is 2.64. The average Bonchev–Trinajstić information content (AvgIpc) is 2.74. The smallest absolute Gasteiger partial charge is 0.255 e. The van der Waals surface area contributed by atoms with E-state index in [1.165, 1.54) is 0 Å². The molecule has 0 fully saturated rings. The van der Waals surface area contributed by atoms with E-state index in [0.717, 1.165) is 17.0 Å². The molecule has 3 aromatic rings. The van der Waals surface area contributed by atoms with E-state index >= 15 is 0 Å². The fraction of sp³-hybridized carbons (Fsp3) is 0.190. The molecule has 28 heavy (non-hydrogen) atoms. The number of methoxy groups -OCH3 is 1. The first-order valence-electron chi connectivity index (χ1n) is 8.92. The lowest BCUT2D eigenvalue weighted by molar-refractivity contribution is 0.0951. The molecule has 0 spiro atoms. The van der Waals surface area contributed by atoms with E-state index < -0.39 is 0 Å². The van der Waals surface area contributed by atoms with Crippen molar-refractivity contribution in [1.82, 2.24) is 15.3 Å². The van der Waals surface area contributed by atoms with Gasteiger partial charge in [0.15, 0.2) is 0 Å². The summed E-state index contributed by atoms with van der Waals surface area (Å²) in [5.74, 6) is 1.51. The molecule has 0 saturated carbocycles. The molecule has 2 aromatic heterocycles. The van der Waals surface area contributed by atoms with Crippen molar-refractivity contribution in [3.05, 3.63) is 72.1 Å². The van der Waals surface area contributed by atoms with Crippen LogP contribution in [-0.4, -0.2) is 29.6 Å². The summed E-state index contributed by atoms with van der Waals surface area (Å²) in [6, 6.07) is 14.6. The number of carbonyl (C=O) groups excluding carboxylic acids is 1. The molecule has 3 rings (SSSR count). The molecule has 0 aliphatic heterocycles. The van der Waals surface area contributed by atoms with Gasteiger partial charge in [0.25, 0.3) is 5.91 Å². The number of pyridine rings is 2. The summed E-state index contributed by atoms with van der Waals surface area (Å²) in [5.41, 5.74) is 2.05. The van der Waals surface area contributed by atoms with Crippen molar-refractivity contribution in [2.45, 2.75) is 13.5 Å². The van der Waals surface area contributed by atoms with Crippen molar-refractivity contribution in [2.75, 3.05) is 19.0 Å². The Morgan fingerprint density at radius 1 is 1.04 bits per heavy atom. The molecule has 0 bridgehead atoms. The van der Waals surface area contributed by atoms with Crippen molar-refractivity contribution >= 4 is 17.4 Å². The Morgan fingerprint density at radius 2 is 1.79 bits per heavy atom. The SMILES string of the molecule is CCOc1ccc(Nc2ncccc2C(=O)NCc2cccnc2OC)cc1. The van der Waals surface area contributed by atoms with E-state index in [2.05, 4.69) is 20.6 Å². The Balaban J connectivity index is 1.71. The normalized spacial score (nSPS) is 10.2. The molecular formula is C21H22N4O3. The Kier molecular flexibility index (Phi) is 6.41. The zero-order valence-corrected chi connectivity index (χ0v) is 15.8. The van der Waals surface area contributed by atoms with Gasteiger partial charge >= 0.3 is 0 Å². The maximum absolute atomic E-state index is 12.7. The first-order chi connectivity index (χ1) is 13.7. The zero-order chi connectivity index (χ0) is 19.8. The van der Waals surface area contributed by atoms with E-state index in [0.29, 0.717) is 30.4 Å². The molecule has 2 heterocycles. The molecule has 0 aliphatic rings. The minimum atomic E-state index is -0.243. The largest absolute Gasteiger partial charge is 0.494 e. The van der Waals surface area contributed by atoms with Crippen LogP contribution in [0.2, 0.25) is 0 Å². The molecule has 7 heteroatoms. The minimum Gasteiger partial charge on any atom is -0.494 e. The molecule has 0 aliphatic carbocycles. The third-order valence-electron chi connectivity index (χ3n) is 3.96. The van der Waals surface area contributed by atoms with Crippen molar-refractivity contribution in [3.63, 3.8) is 0 Å². The van der Waals surface area contributed by atoms with Crippen molar-refractivity contribution < 1.29 is 14.3 Å². The Morgan fingerprint density at radius 3 is 2.54 bits per heavy atom. The van der Waals surface area contributed by atoms with Crippen molar-refractivity contribution in [3.8, 4) is 11.6 Å². The number of hydrogen-bond acceptors (Lipinski definition) is 6. The number of aromatic nitrogens is 2. The quantitative estimate of drug-likeness (QED) is 0.623. The molecule has 0 atom stereocenters. The number of ether oxygens (including phenoxy) is 2. The van der Waals surface area contributed by atoms with Gasteiger partial charge in [0.1, 0.15) is 11.6 Å². The molecule has 0 radical (unpaired) electrons. The van der Waals surface area contributed by atoms with Crippen LogP contribution in [0.3, 0.4) is 0 Å². The number of amides is 1. The highest BCUT2D eigenvalue weighted by molar-refractivity contribution is 5.99. The van der Waals surface area contributed by atoms with Gasteiger partial charge in [-0.1, -0.05) is 6.07 Å². The second-order valence-electron chi connectivity index (χ2n) is 5.84. The number of anilines is 2. The first kappa shape index (κ1) is 19.2. The highest BCUT2D eigenvalue weighted by atomic mass is 16.5. The highest BCUT2D eigenvalue weighted by Gasteiger charge is 2.13. The molecule has 1 amide bonds. The van der Waals surface area contributed by atoms with Crippen LogP contribution < -0.4 is 20.1 Å². The Bertz CT molecular complexity index is 929. The van der Waals surface area contributed by atoms with Gasteiger partial charge in [0.05, 0.1) is 19.3 Å². The molecule has 144 valence electrons. The summed E-state index contributed by atoms with van der Waals surface area (Å²) >= 11 is 0.